The van der Waals surface area contributed by atoms with E-state index in [-0.39, 0.29) is 16.5 Å². The Morgan fingerprint density at radius 2 is 1.83 bits per heavy atom. The zero-order chi connectivity index (χ0) is 21.4. The molecule has 0 aromatic heterocycles. The molecule has 0 unspecified atom stereocenters. The van der Waals surface area contributed by atoms with Crippen LogP contribution in [0.4, 0.5) is 5.69 Å². The maximum atomic E-state index is 12.2. The number of sulfonamides is 1. The highest BCUT2D eigenvalue weighted by Crippen LogP contribution is 2.19. The van der Waals surface area contributed by atoms with Crippen LogP contribution in [0.1, 0.15) is 12.5 Å². The first-order valence-corrected chi connectivity index (χ1v) is 9.85. The Labute approximate surface area is 169 Å². The number of hydrogen-bond acceptors (Lipinski definition) is 5. The number of ether oxygens (including phenoxy) is 1. The molecule has 2 aromatic carbocycles. The molecule has 0 atom stereocenters. The van der Waals surface area contributed by atoms with Gasteiger partial charge in [0, 0.05) is 23.4 Å². The topological polar surface area (TPSA) is 131 Å². The van der Waals surface area contributed by atoms with Gasteiger partial charge in [0.1, 0.15) is 11.6 Å². The molecule has 2 aromatic rings. The van der Waals surface area contributed by atoms with E-state index in [1.54, 1.807) is 19.3 Å². The first kappa shape index (κ1) is 21.7. The number of nitrogens with one attached hydrogen (secondary N) is 1. The molecule has 0 aliphatic heterocycles. The molecule has 0 bridgehead atoms. The van der Waals surface area contributed by atoms with Gasteiger partial charge in [0.15, 0.2) is 0 Å². The van der Waals surface area contributed by atoms with Crippen LogP contribution in [-0.2, 0) is 14.8 Å². The van der Waals surface area contributed by atoms with E-state index in [2.05, 4.69) is 9.71 Å². The van der Waals surface area contributed by atoms with Crippen LogP contribution in [0.15, 0.2) is 75.7 Å². The maximum Gasteiger partial charge on any atom is 0.284 e. The highest BCUT2D eigenvalue weighted by atomic mass is 32.2. The fourth-order valence-electron chi connectivity index (χ4n) is 2.30. The van der Waals surface area contributed by atoms with Crippen LogP contribution < -0.4 is 15.8 Å². The lowest BCUT2D eigenvalue weighted by Crippen LogP contribution is -2.12. The van der Waals surface area contributed by atoms with Gasteiger partial charge in [0.25, 0.3) is 10.0 Å². The average Bonchev–Trinajstić information content (AvgIpc) is 2.66. The quantitative estimate of drug-likeness (QED) is 0.276. The number of hydrogen-bond donors (Lipinski definition) is 3. The third kappa shape index (κ3) is 6.51. The largest absolute Gasteiger partial charge is 0.512 e. The average molecular weight is 415 g/mol. The molecular weight excluding hydrogens is 394 g/mol. The van der Waals surface area contributed by atoms with Crippen molar-refractivity contribution in [3.63, 3.8) is 0 Å². The van der Waals surface area contributed by atoms with Crippen LogP contribution in [0, 0.1) is 0 Å². The molecule has 0 aliphatic rings. The molecule has 0 spiro atoms. The van der Waals surface area contributed by atoms with Crippen molar-refractivity contribution in [2.24, 2.45) is 10.1 Å². The van der Waals surface area contributed by atoms with Gasteiger partial charge in [-0.2, -0.15) is 8.42 Å². The molecular formula is C20H21N3O5S. The molecule has 8 nitrogen and oxygen atoms in total. The molecule has 0 aliphatic carbocycles. The Morgan fingerprint density at radius 3 is 2.45 bits per heavy atom. The Kier molecular flexibility index (Phi) is 7.15. The Hall–Kier alpha value is -3.59. The smallest absolute Gasteiger partial charge is 0.284 e. The number of amidine groups is 1. The van der Waals surface area contributed by atoms with Gasteiger partial charge in [-0.1, -0.05) is 18.2 Å². The summed E-state index contributed by atoms with van der Waals surface area (Å²) in [4.78, 5) is 12.0. The van der Waals surface area contributed by atoms with Crippen LogP contribution in [0.3, 0.4) is 0 Å². The number of carbonyl (C=O) groups is 1. The molecule has 0 saturated heterocycles. The first-order chi connectivity index (χ1) is 13.7. The van der Waals surface area contributed by atoms with Gasteiger partial charge in [-0.05, 0) is 43.3 Å². The van der Waals surface area contributed by atoms with Crippen molar-refractivity contribution in [2.45, 2.75) is 11.8 Å². The predicted molar refractivity (Wildman–Crippen MR) is 112 cm³/mol. The SMILES string of the molecule is COc1ccccc1/C=C/C(=O)Nc1ccc(S(=O)(=O)N=C(N)/C=C(\C)O)cc1. The summed E-state index contributed by atoms with van der Waals surface area (Å²) in [6.45, 7) is 1.34. The zero-order valence-corrected chi connectivity index (χ0v) is 16.7. The van der Waals surface area contributed by atoms with Crippen molar-refractivity contribution in [2.75, 3.05) is 12.4 Å². The summed E-state index contributed by atoms with van der Waals surface area (Å²) in [5.74, 6) is -0.265. The van der Waals surface area contributed by atoms with E-state index in [1.165, 1.54) is 37.3 Å². The molecule has 9 heteroatoms. The van der Waals surface area contributed by atoms with Crippen molar-refractivity contribution in [3.8, 4) is 5.75 Å². The second-order valence-electron chi connectivity index (χ2n) is 5.87. The van der Waals surface area contributed by atoms with E-state index in [0.717, 1.165) is 11.6 Å². The van der Waals surface area contributed by atoms with Crippen LogP contribution in [0.5, 0.6) is 5.75 Å². The number of aliphatic hydroxyl groups is 1. The standard InChI is InChI=1S/C20H21N3O5S/c1-14(24)13-19(21)23-29(26,27)17-10-8-16(9-11-17)22-20(25)12-7-15-5-3-4-6-18(15)28-2/h3-13,24H,1-2H3,(H2,21,23)(H,22,25)/b12-7+,14-13+. The Balaban J connectivity index is 2.09. The maximum absolute atomic E-state index is 12.2. The fourth-order valence-corrected chi connectivity index (χ4v) is 3.21. The second kappa shape index (κ2) is 9.56. The molecule has 29 heavy (non-hydrogen) atoms. The third-order valence-corrected chi connectivity index (χ3v) is 4.87. The number of carbonyl (C=O) groups excluding carboxylic acids is 1. The minimum absolute atomic E-state index is 0.105. The molecule has 0 saturated carbocycles. The summed E-state index contributed by atoms with van der Waals surface area (Å²) in [5.41, 5.74) is 6.61. The molecule has 4 N–H and O–H groups in total. The number of nitrogens with two attached hydrogens (primary N) is 1. The minimum atomic E-state index is -4.04. The van der Waals surface area contributed by atoms with Crippen LogP contribution in [0.25, 0.3) is 6.08 Å². The Morgan fingerprint density at radius 1 is 1.17 bits per heavy atom. The highest BCUT2D eigenvalue weighted by molar-refractivity contribution is 7.90. The lowest BCUT2D eigenvalue weighted by molar-refractivity contribution is -0.111. The zero-order valence-electron chi connectivity index (χ0n) is 15.9. The normalized spacial score (nSPS) is 12.8. The van der Waals surface area contributed by atoms with Gasteiger partial charge < -0.3 is 20.9 Å². The van der Waals surface area contributed by atoms with Crippen LogP contribution >= 0.6 is 0 Å². The first-order valence-electron chi connectivity index (χ1n) is 8.41. The number of rotatable bonds is 7. The van der Waals surface area contributed by atoms with E-state index in [9.17, 15) is 13.2 Å². The summed E-state index contributed by atoms with van der Waals surface area (Å²) < 4.78 is 33.0. The van der Waals surface area contributed by atoms with Gasteiger partial charge in [-0.3, -0.25) is 4.79 Å². The summed E-state index contributed by atoms with van der Waals surface area (Å²) in [6.07, 6.45) is 3.98. The van der Waals surface area contributed by atoms with Gasteiger partial charge in [-0.25, -0.2) is 0 Å². The molecule has 0 radical (unpaired) electrons. The van der Waals surface area contributed by atoms with Crippen LogP contribution in [-0.4, -0.2) is 32.4 Å². The van der Waals surface area contributed by atoms with Gasteiger partial charge in [0.05, 0.1) is 17.8 Å². The van der Waals surface area contributed by atoms with Gasteiger partial charge >= 0.3 is 0 Å². The molecule has 2 rings (SSSR count). The van der Waals surface area contributed by atoms with Crippen molar-refractivity contribution >= 4 is 33.5 Å². The van der Waals surface area contributed by atoms with Crippen LogP contribution in [0.2, 0.25) is 0 Å². The van der Waals surface area contributed by atoms with Crippen molar-refractivity contribution < 1.29 is 23.1 Å². The summed E-state index contributed by atoms with van der Waals surface area (Å²) in [5, 5.41) is 11.7. The van der Waals surface area contributed by atoms with E-state index in [4.69, 9.17) is 15.6 Å². The monoisotopic (exact) mass is 415 g/mol. The van der Waals surface area contributed by atoms with E-state index in [1.807, 2.05) is 18.2 Å². The lowest BCUT2D eigenvalue weighted by atomic mass is 10.2. The van der Waals surface area contributed by atoms with Crippen molar-refractivity contribution in [1.29, 1.82) is 0 Å². The molecule has 152 valence electrons. The molecule has 0 heterocycles. The summed E-state index contributed by atoms with van der Waals surface area (Å²) >= 11 is 0. The number of methoxy groups -OCH3 is 1. The van der Waals surface area contributed by atoms with E-state index < -0.39 is 15.9 Å². The second-order valence-corrected chi connectivity index (χ2v) is 7.47. The van der Waals surface area contributed by atoms with Crippen molar-refractivity contribution in [3.05, 3.63) is 72.0 Å². The molecule has 0 fully saturated rings. The Bertz CT molecular complexity index is 1070. The van der Waals surface area contributed by atoms with E-state index >= 15 is 0 Å². The van der Waals surface area contributed by atoms with Crippen molar-refractivity contribution in [1.82, 2.24) is 0 Å². The number of para-hydroxylation sites is 1. The number of aliphatic hydroxyl groups excluding tert-OH is 1. The lowest BCUT2D eigenvalue weighted by Gasteiger charge is -2.05. The summed E-state index contributed by atoms with van der Waals surface area (Å²) in [7, 11) is -2.49. The van der Waals surface area contributed by atoms with Gasteiger partial charge in [0.2, 0.25) is 5.91 Å². The number of nitrogens with zero attached hydrogens (tertiary/aromatic N) is 1. The minimum Gasteiger partial charge on any atom is -0.512 e. The molecule has 1 amide bonds. The number of allylic oxidation sites excluding steroid dienone is 1. The number of anilines is 1. The highest BCUT2D eigenvalue weighted by Gasteiger charge is 2.13. The number of benzene rings is 2. The van der Waals surface area contributed by atoms with E-state index in [0.29, 0.717) is 11.4 Å². The van der Waals surface area contributed by atoms with Gasteiger partial charge in [-0.15, -0.1) is 4.40 Å². The predicted octanol–water partition coefficient (Wildman–Crippen LogP) is 2.85. The summed E-state index contributed by atoms with van der Waals surface area (Å²) in [6, 6.07) is 12.7. The number of amides is 1. The fraction of sp³-hybridized carbons (Fsp3) is 0.100. The third-order valence-electron chi connectivity index (χ3n) is 3.56.